The summed E-state index contributed by atoms with van der Waals surface area (Å²) in [5.41, 5.74) is 0.244. The number of nitrogens with zero attached hydrogens (tertiary/aromatic N) is 3. The summed E-state index contributed by atoms with van der Waals surface area (Å²) in [5, 5.41) is 26.3. The monoisotopic (exact) mass is 321 g/mol. The zero-order valence-electron chi connectivity index (χ0n) is 9.96. The predicted molar refractivity (Wildman–Crippen MR) is 70.2 cm³/mol. The van der Waals surface area contributed by atoms with Crippen LogP contribution in [0.2, 0.25) is 0 Å². The van der Waals surface area contributed by atoms with Crippen molar-refractivity contribution in [2.45, 2.75) is 12.6 Å². The molecule has 1 atom stereocenters. The summed E-state index contributed by atoms with van der Waals surface area (Å²) in [7, 11) is 0. The van der Waals surface area contributed by atoms with Crippen LogP contribution in [-0.4, -0.2) is 52.2 Å². The van der Waals surface area contributed by atoms with Crippen molar-refractivity contribution >= 4 is 29.7 Å². The number of hydrogen-bond acceptors (Lipinski definition) is 7. The third-order valence-electron chi connectivity index (χ3n) is 2.36. The predicted octanol–water partition coefficient (Wildman–Crippen LogP) is -1.82. The first-order valence-electron chi connectivity index (χ1n) is 5.34. The number of fused-ring (bicyclic) bond motifs is 1. The van der Waals surface area contributed by atoms with Crippen molar-refractivity contribution in [2.75, 3.05) is 6.61 Å². The summed E-state index contributed by atoms with van der Waals surface area (Å²) in [4.78, 5) is 28.8. The Bertz CT molecular complexity index is 724. The largest absolute Gasteiger partial charge is 0.394 e. The van der Waals surface area contributed by atoms with E-state index in [2.05, 4.69) is 26.8 Å². The first-order chi connectivity index (χ1) is 9.31. The fourth-order valence-corrected chi connectivity index (χ4v) is 2.09. The van der Waals surface area contributed by atoms with E-state index in [0.717, 1.165) is 4.57 Å². The van der Waals surface area contributed by atoms with Crippen molar-refractivity contribution in [1.29, 1.82) is 5.41 Å². The van der Waals surface area contributed by atoms with Gasteiger partial charge in [0.25, 0.3) is 0 Å². The van der Waals surface area contributed by atoms with Crippen molar-refractivity contribution in [1.82, 2.24) is 19.5 Å². The van der Waals surface area contributed by atoms with Crippen LogP contribution in [-0.2, 0) is 18.4 Å². The van der Waals surface area contributed by atoms with E-state index in [1.807, 2.05) is 0 Å². The van der Waals surface area contributed by atoms with Gasteiger partial charge in [0.1, 0.15) is 5.52 Å². The van der Waals surface area contributed by atoms with Crippen LogP contribution >= 0.6 is 6.72 Å². The van der Waals surface area contributed by atoms with Gasteiger partial charge in [-0.3, -0.25) is 9.98 Å². The molecule has 6 N–H and O–H groups in total. The average molecular weight is 321 g/mol. The van der Waals surface area contributed by atoms with E-state index >= 15 is 0 Å². The first kappa shape index (κ1) is 15.0. The van der Waals surface area contributed by atoms with Crippen molar-refractivity contribution < 1.29 is 24.5 Å². The highest BCUT2D eigenvalue weighted by Gasteiger charge is 2.19. The number of nitrogens with one attached hydrogen (secondary N) is 2. The minimum absolute atomic E-state index is 0.128. The van der Waals surface area contributed by atoms with Crippen LogP contribution in [0.1, 0.15) is 0 Å². The second-order valence-electron chi connectivity index (χ2n) is 3.87. The molecule has 110 valence electrons. The highest BCUT2D eigenvalue weighted by molar-refractivity contribution is 8.06. The maximum Gasteiger partial charge on any atom is 0.377 e. The van der Waals surface area contributed by atoms with Crippen LogP contribution in [0.25, 0.3) is 11.2 Å². The molecule has 0 radical (unpaired) electrons. The summed E-state index contributed by atoms with van der Waals surface area (Å²) in [6.07, 6.45) is 0.129. The molecule has 0 fully saturated rings. The number of H-pyrrole nitrogens is 1. The molecule has 0 spiro atoms. The zero-order chi connectivity index (χ0) is 14.9. The van der Waals surface area contributed by atoms with E-state index in [4.69, 9.17) is 15.0 Å². The molecule has 12 heteroatoms. The molecule has 20 heavy (non-hydrogen) atoms. The highest BCUT2D eigenvalue weighted by atomic mass is 32.5. The summed E-state index contributed by atoms with van der Waals surface area (Å²) < 4.78 is 5.81. The molecule has 10 nitrogen and oxygen atoms in total. The normalized spacial score (nSPS) is 13.6. The fraction of sp³-hybridized carbons (Fsp3) is 0.375. The van der Waals surface area contributed by atoms with E-state index in [9.17, 15) is 14.9 Å². The van der Waals surface area contributed by atoms with Gasteiger partial charge in [-0.1, -0.05) is 0 Å². The molecule has 0 aliphatic heterocycles. The van der Waals surface area contributed by atoms with E-state index in [0.29, 0.717) is 0 Å². The van der Waals surface area contributed by atoms with Crippen LogP contribution < -0.4 is 10.0 Å². The minimum atomic E-state index is -4.06. The standard InChI is InChI=1S/C8H12N5O5PS/c9-6-5-7(11-3-10-5)12-8(18-19(16,17)20)13(6)1-4(15)2-14/h3-4,9,14-15H,1-2H2,(H,10,11)(H2,16,17,20). The van der Waals surface area contributed by atoms with Gasteiger partial charge >= 0.3 is 12.7 Å². The van der Waals surface area contributed by atoms with Gasteiger partial charge in [0, 0.05) is 11.8 Å². The molecule has 2 rings (SSSR count). The number of aromatic amines is 1. The lowest BCUT2D eigenvalue weighted by atomic mass is 10.3. The van der Waals surface area contributed by atoms with Crippen molar-refractivity contribution in [3.05, 3.63) is 11.8 Å². The Hall–Kier alpha value is -1.36. The topological polar surface area (TPSA) is 160 Å². The molecule has 0 aromatic carbocycles. The summed E-state index contributed by atoms with van der Waals surface area (Å²) in [5.74, 6) is 0. The fourth-order valence-electron chi connectivity index (χ4n) is 1.54. The molecule has 0 aliphatic rings. The summed E-state index contributed by atoms with van der Waals surface area (Å²) in [6, 6.07) is -0.365. The maximum absolute atomic E-state index is 9.48. The Labute approximate surface area is 117 Å². The number of imidazole rings is 1. The molecule has 0 saturated heterocycles. The second-order valence-corrected chi connectivity index (χ2v) is 6.46. The van der Waals surface area contributed by atoms with Gasteiger partial charge in [0.15, 0.2) is 11.1 Å². The van der Waals surface area contributed by atoms with Gasteiger partial charge in [-0.25, -0.2) is 4.98 Å². The molecule has 0 aliphatic carbocycles. The lowest BCUT2D eigenvalue weighted by Gasteiger charge is -2.17. The van der Waals surface area contributed by atoms with Gasteiger partial charge in [0.05, 0.1) is 25.6 Å². The average Bonchev–Trinajstić information content (AvgIpc) is 2.80. The van der Waals surface area contributed by atoms with Crippen LogP contribution in [0.3, 0.4) is 0 Å². The molecule has 0 amide bonds. The lowest BCUT2D eigenvalue weighted by Crippen LogP contribution is -2.30. The molecular formula is C8H12N5O5PS. The SMILES string of the molecule is N=c1c2[nH]cnc2nc(OP(O)(O)=S)n1CC(O)CO. The Morgan fingerprint density at radius 2 is 2.25 bits per heavy atom. The molecule has 0 bridgehead atoms. The molecule has 2 aromatic heterocycles. The molecule has 1 unspecified atom stereocenters. The summed E-state index contributed by atoms with van der Waals surface area (Å²) >= 11 is 4.36. The zero-order valence-corrected chi connectivity index (χ0v) is 11.7. The molecule has 0 saturated carbocycles. The van der Waals surface area contributed by atoms with Gasteiger partial charge in [-0.2, -0.15) is 4.98 Å². The van der Waals surface area contributed by atoms with E-state index in [1.165, 1.54) is 6.33 Å². The quantitative estimate of drug-likeness (QED) is 0.351. The van der Waals surface area contributed by atoms with Crippen LogP contribution in [0.15, 0.2) is 6.33 Å². The maximum atomic E-state index is 9.48. The Morgan fingerprint density at radius 1 is 1.55 bits per heavy atom. The Morgan fingerprint density at radius 3 is 2.85 bits per heavy atom. The van der Waals surface area contributed by atoms with E-state index in [1.54, 1.807) is 0 Å². The minimum Gasteiger partial charge on any atom is -0.394 e. The second kappa shape index (κ2) is 5.56. The highest BCUT2D eigenvalue weighted by Crippen LogP contribution is 2.36. The van der Waals surface area contributed by atoms with Gasteiger partial charge in [-0.15, -0.1) is 0 Å². The van der Waals surface area contributed by atoms with Crippen molar-refractivity contribution in [2.24, 2.45) is 0 Å². The first-order valence-corrected chi connectivity index (χ1v) is 7.97. The number of rotatable bonds is 5. The Kier molecular flexibility index (Phi) is 4.18. The number of aliphatic hydroxyl groups excluding tert-OH is 2. The number of hydrogen-bond donors (Lipinski definition) is 6. The smallest absolute Gasteiger partial charge is 0.377 e. The van der Waals surface area contributed by atoms with Crippen LogP contribution in [0.4, 0.5) is 0 Å². The van der Waals surface area contributed by atoms with Crippen LogP contribution in [0, 0.1) is 5.41 Å². The van der Waals surface area contributed by atoms with E-state index in [-0.39, 0.29) is 29.2 Å². The van der Waals surface area contributed by atoms with E-state index < -0.39 is 19.4 Å². The molecule has 2 heterocycles. The van der Waals surface area contributed by atoms with Gasteiger partial charge in [-0.05, 0) is 0 Å². The van der Waals surface area contributed by atoms with Crippen molar-refractivity contribution in [3.63, 3.8) is 0 Å². The third kappa shape index (κ3) is 3.20. The molecular weight excluding hydrogens is 309 g/mol. The van der Waals surface area contributed by atoms with Crippen molar-refractivity contribution in [3.8, 4) is 6.01 Å². The van der Waals surface area contributed by atoms with Crippen LogP contribution in [0.5, 0.6) is 6.01 Å². The Balaban J connectivity index is 2.59. The lowest BCUT2D eigenvalue weighted by molar-refractivity contribution is 0.0782. The van der Waals surface area contributed by atoms with Gasteiger partial charge in [0.2, 0.25) is 0 Å². The third-order valence-corrected chi connectivity index (χ3v) is 2.99. The number of aromatic nitrogens is 4. The number of aliphatic hydroxyl groups is 2. The molecule has 2 aromatic rings. The summed E-state index contributed by atoms with van der Waals surface area (Å²) in [6.45, 7) is -4.84. The van der Waals surface area contributed by atoms with Gasteiger partial charge < -0.3 is 29.5 Å².